The first kappa shape index (κ1) is 24.1. The number of rotatable bonds is 7. The molecular weight excluding hydrogens is 492 g/mol. The average molecular weight is 511 g/mol. The lowest BCUT2D eigenvalue weighted by Crippen LogP contribution is -2.37. The molecule has 0 aliphatic heterocycles. The van der Waals surface area contributed by atoms with E-state index in [4.69, 9.17) is 9.47 Å². The number of carbonyl (C=O) groups is 3. The Hall–Kier alpha value is -3.14. The highest BCUT2D eigenvalue weighted by atomic mass is 79.9. The van der Waals surface area contributed by atoms with E-state index < -0.39 is 23.6 Å². The average Bonchev–Trinajstić information content (AvgIpc) is 3.01. The van der Waals surface area contributed by atoms with Crippen molar-refractivity contribution in [1.29, 1.82) is 0 Å². The number of hydrogen-bond donors (Lipinski definition) is 3. The Kier molecular flexibility index (Phi) is 7.98. The van der Waals surface area contributed by atoms with Gasteiger partial charge in [-0.3, -0.25) is 4.79 Å². The second kappa shape index (κ2) is 10.3. The lowest BCUT2D eigenvalue weighted by Gasteiger charge is -2.19. The molecule has 0 atom stereocenters. The molecule has 2 amide bonds. The molecule has 0 bridgehead atoms. The van der Waals surface area contributed by atoms with Crippen molar-refractivity contribution in [2.75, 3.05) is 11.9 Å². The first-order valence-electron chi connectivity index (χ1n) is 8.80. The summed E-state index contributed by atoms with van der Waals surface area (Å²) in [6.07, 6.45) is 0.0321. The first-order chi connectivity index (χ1) is 14.5. The quantitative estimate of drug-likeness (QED) is 0.377. The number of ether oxygens (including phenoxy) is 2. The summed E-state index contributed by atoms with van der Waals surface area (Å²) in [5.41, 5.74) is 0.474. The number of anilines is 1. The molecule has 0 saturated carbocycles. The molecule has 3 N–H and O–H groups in total. The zero-order valence-electron chi connectivity index (χ0n) is 16.8. The van der Waals surface area contributed by atoms with E-state index in [-0.39, 0.29) is 17.2 Å². The van der Waals surface area contributed by atoms with Gasteiger partial charge in [0.2, 0.25) is 5.91 Å². The standard InChI is InChI=1S/C20H19BrN2O7S/c1-20(2,3)30-19(28)22-10-13(25)23-12-6-4-11(5-7-12)16-14(21)15(29-9-8-24)17(31-16)18(26)27/h4-7,9H,10H2,1-3H3,(H,22,28)(H,23,25)(H,26,27). The fraction of sp³-hybridized carbons (Fsp3) is 0.250. The highest BCUT2D eigenvalue weighted by Crippen LogP contribution is 2.45. The third kappa shape index (κ3) is 6.95. The Balaban J connectivity index is 2.08. The lowest BCUT2D eigenvalue weighted by molar-refractivity contribution is -0.115. The van der Waals surface area contributed by atoms with Crippen LogP contribution < -0.4 is 15.4 Å². The monoisotopic (exact) mass is 510 g/mol. The second-order valence-corrected chi connectivity index (χ2v) is 8.86. The maximum atomic E-state index is 12.0. The number of nitrogens with one attached hydrogen (secondary N) is 2. The van der Waals surface area contributed by atoms with Gasteiger partial charge in [0.15, 0.2) is 22.8 Å². The smallest absolute Gasteiger partial charge is 0.408 e. The van der Waals surface area contributed by atoms with Crippen LogP contribution in [0.15, 0.2) is 35.0 Å². The van der Waals surface area contributed by atoms with Gasteiger partial charge in [0.05, 0.1) is 9.35 Å². The van der Waals surface area contributed by atoms with Crippen LogP contribution in [0.3, 0.4) is 0 Å². The Morgan fingerprint density at radius 1 is 1.23 bits per heavy atom. The Morgan fingerprint density at radius 3 is 2.42 bits per heavy atom. The summed E-state index contributed by atoms with van der Waals surface area (Å²) in [7, 11) is 0. The van der Waals surface area contributed by atoms with Crippen LogP contribution >= 0.6 is 27.3 Å². The van der Waals surface area contributed by atoms with Crippen molar-refractivity contribution in [3.8, 4) is 16.2 Å². The minimum atomic E-state index is -1.20. The van der Waals surface area contributed by atoms with E-state index in [9.17, 15) is 24.3 Å². The van der Waals surface area contributed by atoms with Crippen molar-refractivity contribution < 1.29 is 33.8 Å². The number of amides is 2. The lowest BCUT2D eigenvalue weighted by atomic mass is 10.1. The molecule has 1 aromatic heterocycles. The van der Waals surface area contributed by atoms with Gasteiger partial charge < -0.3 is 25.2 Å². The van der Waals surface area contributed by atoms with Crippen LogP contribution in [0.4, 0.5) is 10.5 Å². The van der Waals surface area contributed by atoms with Gasteiger partial charge in [-0.25, -0.2) is 14.4 Å². The van der Waals surface area contributed by atoms with E-state index in [0.717, 1.165) is 17.6 Å². The Labute approximate surface area is 190 Å². The molecule has 0 fully saturated rings. The molecule has 2 rings (SSSR count). The number of alkyl carbamates (subject to hydrolysis) is 1. The zero-order chi connectivity index (χ0) is 23.2. The van der Waals surface area contributed by atoms with Gasteiger partial charge in [0, 0.05) is 5.69 Å². The van der Waals surface area contributed by atoms with Gasteiger partial charge >= 0.3 is 12.1 Å². The third-order valence-electron chi connectivity index (χ3n) is 3.45. The van der Waals surface area contributed by atoms with Gasteiger partial charge in [-0.15, -0.1) is 11.3 Å². The first-order valence-corrected chi connectivity index (χ1v) is 10.4. The third-order valence-corrected chi connectivity index (χ3v) is 5.68. The van der Waals surface area contributed by atoms with Crippen molar-refractivity contribution >= 4 is 56.9 Å². The van der Waals surface area contributed by atoms with Crippen molar-refractivity contribution in [2.45, 2.75) is 26.4 Å². The summed E-state index contributed by atoms with van der Waals surface area (Å²) in [6.45, 7) is 4.88. The van der Waals surface area contributed by atoms with E-state index in [0.29, 0.717) is 20.6 Å². The van der Waals surface area contributed by atoms with Crippen LogP contribution in [-0.2, 0) is 14.3 Å². The predicted octanol–water partition coefficient (Wildman–Crippen LogP) is 4.06. The van der Waals surface area contributed by atoms with Crippen LogP contribution in [-0.4, -0.2) is 41.2 Å². The molecule has 0 radical (unpaired) electrons. The summed E-state index contributed by atoms with van der Waals surface area (Å²) in [4.78, 5) is 45.9. The van der Waals surface area contributed by atoms with Crippen molar-refractivity contribution in [3.05, 3.63) is 39.9 Å². The molecule has 9 nitrogen and oxygen atoms in total. The molecule has 164 valence electrons. The molecular formula is C20H19BrN2O7S. The van der Waals surface area contributed by atoms with Crippen LogP contribution in [0.1, 0.15) is 30.4 Å². The SMILES string of the molecule is CC(C)(C)OC(=O)NCC(=O)Nc1ccc(-c2sc(C(=O)O)c(OC=C=O)c2Br)cc1. The number of halogens is 1. The van der Waals surface area contributed by atoms with Crippen LogP contribution in [0.5, 0.6) is 5.75 Å². The van der Waals surface area contributed by atoms with Crippen LogP contribution in [0.25, 0.3) is 10.4 Å². The van der Waals surface area contributed by atoms with Crippen molar-refractivity contribution in [3.63, 3.8) is 0 Å². The molecule has 1 aromatic carbocycles. The number of carboxylic acids is 1. The molecule has 0 unspecified atom stereocenters. The van der Waals surface area contributed by atoms with Gasteiger partial charge in [0.1, 0.15) is 12.1 Å². The fourth-order valence-corrected chi connectivity index (χ4v) is 4.15. The van der Waals surface area contributed by atoms with Crippen molar-refractivity contribution in [1.82, 2.24) is 5.32 Å². The number of carboxylic acid groups (broad SMARTS) is 1. The summed E-state index contributed by atoms with van der Waals surface area (Å²) in [5.74, 6) is -0.212. The molecule has 2 aromatic rings. The molecule has 1 heterocycles. The summed E-state index contributed by atoms with van der Waals surface area (Å²) >= 11 is 4.26. The van der Waals surface area contributed by atoms with Crippen LogP contribution in [0, 0.1) is 0 Å². The minimum absolute atomic E-state index is 0.00134. The maximum absolute atomic E-state index is 12.0. The van der Waals surface area contributed by atoms with Crippen LogP contribution in [0.2, 0.25) is 0 Å². The fourth-order valence-electron chi connectivity index (χ4n) is 2.29. The summed E-state index contributed by atoms with van der Waals surface area (Å²) < 4.78 is 10.5. The Bertz CT molecular complexity index is 1040. The molecule has 0 saturated heterocycles. The zero-order valence-corrected chi connectivity index (χ0v) is 19.2. The Morgan fingerprint density at radius 2 is 1.87 bits per heavy atom. The number of benzene rings is 1. The molecule has 31 heavy (non-hydrogen) atoms. The molecule has 0 spiro atoms. The van der Waals surface area contributed by atoms with E-state index in [1.807, 2.05) is 0 Å². The predicted molar refractivity (Wildman–Crippen MR) is 118 cm³/mol. The van der Waals surface area contributed by atoms with Gasteiger partial charge in [-0.2, -0.15) is 0 Å². The van der Waals surface area contributed by atoms with Gasteiger partial charge in [-0.05, 0) is 54.4 Å². The highest BCUT2D eigenvalue weighted by molar-refractivity contribution is 9.10. The number of aromatic carboxylic acids is 1. The molecule has 0 aliphatic carbocycles. The normalized spacial score (nSPS) is 10.6. The maximum Gasteiger partial charge on any atom is 0.408 e. The minimum Gasteiger partial charge on any atom is -0.477 e. The van der Waals surface area contributed by atoms with Crippen molar-refractivity contribution in [2.24, 2.45) is 0 Å². The van der Waals surface area contributed by atoms with Gasteiger partial charge in [-0.1, -0.05) is 12.1 Å². The summed E-state index contributed by atoms with van der Waals surface area (Å²) in [5, 5.41) is 14.4. The number of thiophene rings is 1. The topological polar surface area (TPSA) is 131 Å². The molecule has 11 heteroatoms. The second-order valence-electron chi connectivity index (χ2n) is 7.04. The van der Waals surface area contributed by atoms with E-state index >= 15 is 0 Å². The highest BCUT2D eigenvalue weighted by Gasteiger charge is 2.23. The van der Waals surface area contributed by atoms with E-state index in [1.54, 1.807) is 45.0 Å². The molecule has 0 aliphatic rings. The number of hydrogen-bond acceptors (Lipinski definition) is 7. The van der Waals surface area contributed by atoms with Gasteiger partial charge in [0.25, 0.3) is 0 Å². The van der Waals surface area contributed by atoms with E-state index in [2.05, 4.69) is 26.6 Å². The number of carbonyl (C=O) groups excluding carboxylic acids is 3. The largest absolute Gasteiger partial charge is 0.477 e. The summed E-state index contributed by atoms with van der Waals surface area (Å²) in [6, 6.07) is 6.61. The van der Waals surface area contributed by atoms with E-state index in [1.165, 1.54) is 5.94 Å².